The Kier molecular flexibility index (Phi) is 3.89. The Labute approximate surface area is 122 Å². The summed E-state index contributed by atoms with van der Waals surface area (Å²) in [6, 6.07) is 5.94. The molecule has 0 saturated carbocycles. The van der Waals surface area contributed by atoms with Crippen LogP contribution in [0.15, 0.2) is 18.2 Å². The van der Waals surface area contributed by atoms with Crippen molar-refractivity contribution in [3.8, 4) is 11.5 Å². The molecule has 0 fully saturated rings. The standard InChI is InChI=1S/C15H18N2O2S/c1-18-11-4-3-10(13(8-11)19-2)7-15-17-12-5-6-16-9-14(12)20-15/h3-4,8,16H,5-7,9H2,1-2H3. The van der Waals surface area contributed by atoms with E-state index in [1.54, 1.807) is 25.6 Å². The topological polar surface area (TPSA) is 43.4 Å². The van der Waals surface area contributed by atoms with Crippen LogP contribution in [-0.4, -0.2) is 25.7 Å². The number of aromatic nitrogens is 1. The molecule has 20 heavy (non-hydrogen) atoms. The van der Waals surface area contributed by atoms with Crippen molar-refractivity contribution in [1.82, 2.24) is 10.3 Å². The average molecular weight is 290 g/mol. The van der Waals surface area contributed by atoms with E-state index < -0.39 is 0 Å². The number of benzene rings is 1. The number of hydrogen-bond donors (Lipinski definition) is 1. The fraction of sp³-hybridized carbons (Fsp3) is 0.400. The number of methoxy groups -OCH3 is 2. The second-order valence-electron chi connectivity index (χ2n) is 4.76. The van der Waals surface area contributed by atoms with E-state index in [0.29, 0.717) is 0 Å². The average Bonchev–Trinajstić information content (AvgIpc) is 2.90. The third-order valence-electron chi connectivity index (χ3n) is 3.48. The molecule has 0 saturated heterocycles. The minimum atomic E-state index is 0.810. The monoisotopic (exact) mass is 290 g/mol. The van der Waals surface area contributed by atoms with Crippen LogP contribution in [0.4, 0.5) is 0 Å². The van der Waals surface area contributed by atoms with Gasteiger partial charge in [-0.15, -0.1) is 11.3 Å². The van der Waals surface area contributed by atoms with Gasteiger partial charge < -0.3 is 14.8 Å². The molecule has 0 aliphatic carbocycles. The van der Waals surface area contributed by atoms with Crippen molar-refractivity contribution < 1.29 is 9.47 Å². The fourth-order valence-corrected chi connectivity index (χ4v) is 3.52. The maximum absolute atomic E-state index is 5.45. The second-order valence-corrected chi connectivity index (χ2v) is 5.93. The minimum Gasteiger partial charge on any atom is -0.497 e. The lowest BCUT2D eigenvalue weighted by molar-refractivity contribution is 0.391. The summed E-state index contributed by atoms with van der Waals surface area (Å²) in [6.07, 6.45) is 1.84. The minimum absolute atomic E-state index is 0.810. The summed E-state index contributed by atoms with van der Waals surface area (Å²) in [5, 5.41) is 4.54. The highest BCUT2D eigenvalue weighted by atomic mass is 32.1. The molecule has 106 valence electrons. The molecule has 5 heteroatoms. The summed E-state index contributed by atoms with van der Waals surface area (Å²) in [5.74, 6) is 1.67. The van der Waals surface area contributed by atoms with Crippen molar-refractivity contribution >= 4 is 11.3 Å². The number of fused-ring (bicyclic) bond motifs is 1. The Morgan fingerprint density at radius 2 is 2.20 bits per heavy atom. The van der Waals surface area contributed by atoms with E-state index in [1.165, 1.54) is 10.6 Å². The SMILES string of the molecule is COc1ccc(Cc2nc3c(s2)CNCC3)c(OC)c1. The van der Waals surface area contributed by atoms with Crippen LogP contribution in [-0.2, 0) is 19.4 Å². The highest BCUT2D eigenvalue weighted by molar-refractivity contribution is 7.11. The Balaban J connectivity index is 1.85. The summed E-state index contributed by atoms with van der Waals surface area (Å²) in [7, 11) is 3.35. The number of ether oxygens (including phenoxy) is 2. The normalized spacial score (nSPS) is 13.9. The summed E-state index contributed by atoms with van der Waals surface area (Å²) < 4.78 is 10.7. The molecule has 2 heterocycles. The van der Waals surface area contributed by atoms with Gasteiger partial charge in [0.2, 0.25) is 0 Å². The van der Waals surface area contributed by atoms with Crippen LogP contribution >= 0.6 is 11.3 Å². The molecule has 0 unspecified atom stereocenters. The van der Waals surface area contributed by atoms with Gasteiger partial charge in [-0.3, -0.25) is 0 Å². The molecule has 0 atom stereocenters. The number of hydrogen-bond acceptors (Lipinski definition) is 5. The molecule has 1 aromatic carbocycles. The molecule has 1 aliphatic heterocycles. The molecule has 3 rings (SSSR count). The quantitative estimate of drug-likeness (QED) is 0.939. The van der Waals surface area contributed by atoms with E-state index >= 15 is 0 Å². The molecule has 1 N–H and O–H groups in total. The van der Waals surface area contributed by atoms with Crippen LogP contribution in [0.25, 0.3) is 0 Å². The van der Waals surface area contributed by atoms with Crippen LogP contribution in [0.3, 0.4) is 0 Å². The lowest BCUT2D eigenvalue weighted by atomic mass is 10.1. The van der Waals surface area contributed by atoms with Gasteiger partial charge in [0, 0.05) is 42.4 Å². The highest BCUT2D eigenvalue weighted by Crippen LogP contribution is 2.29. The molecule has 0 radical (unpaired) electrons. The van der Waals surface area contributed by atoms with E-state index in [0.717, 1.165) is 48.0 Å². The molecule has 0 spiro atoms. The van der Waals surface area contributed by atoms with E-state index in [1.807, 2.05) is 12.1 Å². The van der Waals surface area contributed by atoms with E-state index in [-0.39, 0.29) is 0 Å². The fourth-order valence-electron chi connectivity index (χ4n) is 2.42. The maximum Gasteiger partial charge on any atom is 0.126 e. The van der Waals surface area contributed by atoms with Gasteiger partial charge in [0.05, 0.1) is 24.9 Å². The van der Waals surface area contributed by atoms with Crippen LogP contribution in [0, 0.1) is 0 Å². The van der Waals surface area contributed by atoms with Crippen molar-refractivity contribution in [3.05, 3.63) is 39.3 Å². The molecule has 1 aromatic heterocycles. The smallest absolute Gasteiger partial charge is 0.126 e. The van der Waals surface area contributed by atoms with Crippen LogP contribution in [0.2, 0.25) is 0 Å². The van der Waals surface area contributed by atoms with Gasteiger partial charge in [-0.2, -0.15) is 0 Å². The maximum atomic E-state index is 5.45. The highest BCUT2D eigenvalue weighted by Gasteiger charge is 2.16. The molecule has 4 nitrogen and oxygen atoms in total. The Morgan fingerprint density at radius 3 is 2.95 bits per heavy atom. The molecular weight excluding hydrogens is 272 g/mol. The third-order valence-corrected chi connectivity index (χ3v) is 4.58. The Morgan fingerprint density at radius 1 is 1.30 bits per heavy atom. The summed E-state index contributed by atoms with van der Waals surface area (Å²) in [5.41, 5.74) is 2.41. The van der Waals surface area contributed by atoms with Crippen molar-refractivity contribution in [1.29, 1.82) is 0 Å². The zero-order valence-corrected chi connectivity index (χ0v) is 12.5. The van der Waals surface area contributed by atoms with Gasteiger partial charge in [-0.05, 0) is 6.07 Å². The molecule has 1 aliphatic rings. The molecule has 0 bridgehead atoms. The van der Waals surface area contributed by atoms with Gasteiger partial charge >= 0.3 is 0 Å². The lowest BCUT2D eigenvalue weighted by Gasteiger charge is -2.09. The number of nitrogens with zero attached hydrogens (tertiary/aromatic N) is 1. The van der Waals surface area contributed by atoms with Gasteiger partial charge in [0.25, 0.3) is 0 Å². The zero-order valence-electron chi connectivity index (χ0n) is 11.7. The number of rotatable bonds is 4. The van der Waals surface area contributed by atoms with Crippen molar-refractivity contribution in [2.45, 2.75) is 19.4 Å². The number of thiazole rings is 1. The zero-order chi connectivity index (χ0) is 13.9. The number of nitrogens with one attached hydrogen (secondary N) is 1. The molecule has 2 aromatic rings. The predicted molar refractivity (Wildman–Crippen MR) is 79.9 cm³/mol. The van der Waals surface area contributed by atoms with Crippen LogP contribution < -0.4 is 14.8 Å². The second kappa shape index (κ2) is 5.81. The Hall–Kier alpha value is -1.59. The summed E-state index contributed by atoms with van der Waals surface area (Å²) in [4.78, 5) is 6.13. The van der Waals surface area contributed by atoms with Crippen molar-refractivity contribution in [3.63, 3.8) is 0 Å². The van der Waals surface area contributed by atoms with Crippen LogP contribution in [0.5, 0.6) is 11.5 Å². The van der Waals surface area contributed by atoms with E-state index in [2.05, 4.69) is 11.4 Å². The Bertz CT molecular complexity index is 586. The largest absolute Gasteiger partial charge is 0.497 e. The first-order valence-corrected chi connectivity index (χ1v) is 7.51. The molecular formula is C15H18N2O2S. The lowest BCUT2D eigenvalue weighted by Crippen LogP contribution is -2.22. The molecule has 0 amide bonds. The van der Waals surface area contributed by atoms with E-state index in [4.69, 9.17) is 14.5 Å². The van der Waals surface area contributed by atoms with Crippen LogP contribution in [0.1, 0.15) is 21.1 Å². The van der Waals surface area contributed by atoms with E-state index in [9.17, 15) is 0 Å². The third kappa shape index (κ3) is 2.64. The van der Waals surface area contributed by atoms with Gasteiger partial charge in [0.1, 0.15) is 11.5 Å². The first kappa shape index (κ1) is 13.4. The summed E-state index contributed by atoms with van der Waals surface area (Å²) >= 11 is 1.80. The van der Waals surface area contributed by atoms with Gasteiger partial charge in [-0.1, -0.05) is 6.07 Å². The van der Waals surface area contributed by atoms with Gasteiger partial charge in [-0.25, -0.2) is 4.98 Å². The predicted octanol–water partition coefficient (Wildman–Crippen LogP) is 2.40. The van der Waals surface area contributed by atoms with Crippen molar-refractivity contribution in [2.75, 3.05) is 20.8 Å². The van der Waals surface area contributed by atoms with Crippen molar-refractivity contribution in [2.24, 2.45) is 0 Å². The first-order valence-electron chi connectivity index (χ1n) is 6.69. The summed E-state index contributed by atoms with van der Waals surface area (Å²) in [6.45, 7) is 1.98. The first-order chi connectivity index (χ1) is 9.80. The van der Waals surface area contributed by atoms with Gasteiger partial charge in [0.15, 0.2) is 0 Å².